The van der Waals surface area contributed by atoms with Crippen LogP contribution < -0.4 is 9.47 Å². The number of rotatable bonds is 3. The third-order valence-electron chi connectivity index (χ3n) is 2.42. The molecule has 19 heavy (non-hydrogen) atoms. The smallest absolute Gasteiger partial charge is 0.145 e. The van der Waals surface area contributed by atoms with E-state index in [9.17, 15) is 4.39 Å². The van der Waals surface area contributed by atoms with Crippen LogP contribution in [0.3, 0.4) is 0 Å². The minimum absolute atomic E-state index is 0.141. The minimum atomic E-state index is -0.474. The average molecular weight is 322 g/mol. The highest BCUT2D eigenvalue weighted by Crippen LogP contribution is 2.34. The van der Waals surface area contributed by atoms with E-state index in [4.69, 9.17) is 14.7 Å². The normalized spacial score (nSPS) is 9.79. The summed E-state index contributed by atoms with van der Waals surface area (Å²) >= 11 is 3.34. The van der Waals surface area contributed by atoms with Gasteiger partial charge in [-0.2, -0.15) is 5.26 Å². The Kier molecular flexibility index (Phi) is 4.03. The molecular formula is C14H9BrFNO2. The number of ether oxygens (including phenoxy) is 2. The Morgan fingerprint density at radius 3 is 2.53 bits per heavy atom. The lowest BCUT2D eigenvalue weighted by Crippen LogP contribution is -1.91. The average Bonchev–Trinajstić information content (AvgIpc) is 2.42. The molecule has 0 aliphatic heterocycles. The molecule has 0 amide bonds. The van der Waals surface area contributed by atoms with Crippen LogP contribution in [0.5, 0.6) is 17.2 Å². The van der Waals surface area contributed by atoms with E-state index < -0.39 is 5.82 Å². The minimum Gasteiger partial charge on any atom is -0.497 e. The zero-order valence-corrected chi connectivity index (χ0v) is 11.6. The van der Waals surface area contributed by atoms with Crippen molar-refractivity contribution in [3.05, 3.63) is 52.3 Å². The molecule has 0 N–H and O–H groups in total. The number of methoxy groups -OCH3 is 1. The first-order valence-electron chi connectivity index (χ1n) is 5.35. The van der Waals surface area contributed by atoms with Gasteiger partial charge >= 0.3 is 0 Å². The van der Waals surface area contributed by atoms with Crippen molar-refractivity contribution >= 4 is 15.9 Å². The second-order valence-corrected chi connectivity index (χ2v) is 4.51. The van der Waals surface area contributed by atoms with Gasteiger partial charge in [0.05, 0.1) is 17.1 Å². The molecule has 3 nitrogen and oxygen atoms in total. The van der Waals surface area contributed by atoms with Gasteiger partial charge in [-0.15, -0.1) is 0 Å². The molecule has 5 heteroatoms. The second kappa shape index (κ2) is 5.72. The Bertz CT molecular complexity index is 652. The highest BCUT2D eigenvalue weighted by Gasteiger charge is 2.09. The summed E-state index contributed by atoms with van der Waals surface area (Å²) in [4.78, 5) is 0. The first kappa shape index (κ1) is 13.4. The van der Waals surface area contributed by atoms with E-state index in [1.807, 2.05) is 6.07 Å². The van der Waals surface area contributed by atoms with E-state index in [-0.39, 0.29) is 5.56 Å². The van der Waals surface area contributed by atoms with Crippen molar-refractivity contribution in [1.29, 1.82) is 5.26 Å². The molecule has 0 unspecified atom stereocenters. The number of nitriles is 1. The summed E-state index contributed by atoms with van der Waals surface area (Å²) in [7, 11) is 1.57. The summed E-state index contributed by atoms with van der Waals surface area (Å²) in [5.74, 6) is 1.02. The maximum atomic E-state index is 13.0. The molecule has 0 spiro atoms. The number of hydrogen-bond acceptors (Lipinski definition) is 3. The molecule has 0 saturated heterocycles. The Hall–Kier alpha value is -2.06. The van der Waals surface area contributed by atoms with Crippen molar-refractivity contribution in [1.82, 2.24) is 0 Å². The van der Waals surface area contributed by atoms with Crippen LogP contribution in [0.2, 0.25) is 0 Å². The van der Waals surface area contributed by atoms with Crippen LogP contribution in [-0.2, 0) is 0 Å². The van der Waals surface area contributed by atoms with Gasteiger partial charge in [-0.25, -0.2) is 4.39 Å². The molecule has 0 aliphatic carbocycles. The van der Waals surface area contributed by atoms with E-state index in [0.717, 1.165) is 6.07 Å². The van der Waals surface area contributed by atoms with Gasteiger partial charge < -0.3 is 9.47 Å². The van der Waals surface area contributed by atoms with Crippen LogP contribution in [0.1, 0.15) is 5.56 Å². The van der Waals surface area contributed by atoms with Crippen molar-refractivity contribution in [3.8, 4) is 23.3 Å². The predicted octanol–water partition coefficient (Wildman–Crippen LogP) is 4.26. The lowest BCUT2D eigenvalue weighted by atomic mass is 10.2. The number of halogens is 2. The number of nitrogens with zero attached hydrogens (tertiary/aromatic N) is 1. The van der Waals surface area contributed by atoms with Crippen LogP contribution in [0.25, 0.3) is 0 Å². The largest absolute Gasteiger partial charge is 0.497 e. The van der Waals surface area contributed by atoms with Crippen molar-refractivity contribution in [2.75, 3.05) is 7.11 Å². The van der Waals surface area contributed by atoms with Gasteiger partial charge in [0.15, 0.2) is 0 Å². The zero-order chi connectivity index (χ0) is 13.8. The summed E-state index contributed by atoms with van der Waals surface area (Å²) < 4.78 is 24.4. The number of benzene rings is 2. The first-order chi connectivity index (χ1) is 9.13. The van der Waals surface area contributed by atoms with Crippen LogP contribution in [0.4, 0.5) is 4.39 Å². The van der Waals surface area contributed by atoms with E-state index in [2.05, 4.69) is 15.9 Å². The molecule has 0 heterocycles. The van der Waals surface area contributed by atoms with Crippen LogP contribution >= 0.6 is 15.9 Å². The molecular weight excluding hydrogens is 313 g/mol. The van der Waals surface area contributed by atoms with Crippen molar-refractivity contribution in [3.63, 3.8) is 0 Å². The Morgan fingerprint density at radius 2 is 1.89 bits per heavy atom. The number of hydrogen-bond donors (Lipinski definition) is 0. The molecule has 0 aromatic heterocycles. The van der Waals surface area contributed by atoms with E-state index in [0.29, 0.717) is 21.7 Å². The highest BCUT2D eigenvalue weighted by atomic mass is 79.9. The van der Waals surface area contributed by atoms with Gasteiger partial charge in [0.2, 0.25) is 0 Å². The summed E-state index contributed by atoms with van der Waals surface area (Å²) in [5.41, 5.74) is 0.141. The molecule has 0 fully saturated rings. The standard InChI is InChI=1S/C14H9BrFNO2/c1-18-11-3-5-14(12(15)7-11)19-13-4-2-10(16)6-9(13)8-17/h2-7H,1H3. The van der Waals surface area contributed by atoms with Crippen molar-refractivity contribution in [2.45, 2.75) is 0 Å². The summed E-state index contributed by atoms with van der Waals surface area (Å²) in [6.07, 6.45) is 0. The van der Waals surface area contributed by atoms with Crippen LogP contribution in [0, 0.1) is 17.1 Å². The fourth-order valence-electron chi connectivity index (χ4n) is 1.49. The maximum absolute atomic E-state index is 13.0. The molecule has 0 radical (unpaired) electrons. The van der Waals surface area contributed by atoms with E-state index >= 15 is 0 Å². The third kappa shape index (κ3) is 3.04. The molecule has 0 bridgehead atoms. The molecule has 2 aromatic carbocycles. The summed E-state index contributed by atoms with van der Waals surface area (Å²) in [6.45, 7) is 0. The zero-order valence-electron chi connectivity index (χ0n) is 9.98. The fourth-order valence-corrected chi connectivity index (χ4v) is 1.93. The lowest BCUT2D eigenvalue weighted by Gasteiger charge is -2.10. The topological polar surface area (TPSA) is 42.2 Å². The second-order valence-electron chi connectivity index (χ2n) is 3.65. The SMILES string of the molecule is COc1ccc(Oc2ccc(F)cc2C#N)c(Br)c1. The Labute approximate surface area is 118 Å². The fraction of sp³-hybridized carbons (Fsp3) is 0.0714. The monoisotopic (exact) mass is 321 g/mol. The summed E-state index contributed by atoms with van der Waals surface area (Å²) in [6, 6.07) is 10.9. The highest BCUT2D eigenvalue weighted by molar-refractivity contribution is 9.10. The van der Waals surface area contributed by atoms with Gasteiger partial charge in [-0.05, 0) is 52.3 Å². The molecule has 2 aromatic rings. The third-order valence-corrected chi connectivity index (χ3v) is 3.04. The molecule has 96 valence electrons. The van der Waals surface area contributed by atoms with Crippen LogP contribution in [0.15, 0.2) is 40.9 Å². The molecule has 2 rings (SSSR count). The molecule has 0 atom stereocenters. The molecule has 0 saturated carbocycles. The quantitative estimate of drug-likeness (QED) is 0.848. The Balaban J connectivity index is 2.34. The van der Waals surface area contributed by atoms with Gasteiger partial charge in [-0.1, -0.05) is 0 Å². The van der Waals surface area contributed by atoms with Crippen molar-refractivity contribution in [2.24, 2.45) is 0 Å². The first-order valence-corrected chi connectivity index (χ1v) is 6.14. The van der Waals surface area contributed by atoms with E-state index in [1.54, 1.807) is 25.3 Å². The van der Waals surface area contributed by atoms with Gasteiger partial charge in [0, 0.05) is 0 Å². The van der Waals surface area contributed by atoms with Gasteiger partial charge in [0.25, 0.3) is 0 Å². The summed E-state index contributed by atoms with van der Waals surface area (Å²) in [5, 5.41) is 8.94. The lowest BCUT2D eigenvalue weighted by molar-refractivity contribution is 0.412. The van der Waals surface area contributed by atoms with E-state index in [1.165, 1.54) is 12.1 Å². The predicted molar refractivity (Wildman–Crippen MR) is 71.9 cm³/mol. The van der Waals surface area contributed by atoms with Gasteiger partial charge in [0.1, 0.15) is 29.1 Å². The van der Waals surface area contributed by atoms with Crippen LogP contribution in [-0.4, -0.2) is 7.11 Å². The Morgan fingerprint density at radius 1 is 1.16 bits per heavy atom. The van der Waals surface area contributed by atoms with Gasteiger partial charge in [-0.3, -0.25) is 0 Å². The molecule has 0 aliphatic rings. The maximum Gasteiger partial charge on any atom is 0.145 e. The van der Waals surface area contributed by atoms with Crippen molar-refractivity contribution < 1.29 is 13.9 Å².